The monoisotopic (exact) mass is 391 g/mol. The lowest BCUT2D eigenvalue weighted by molar-refractivity contribution is 0.00468. The smallest absolute Gasteiger partial charge is 0.276 e. The van der Waals surface area contributed by atoms with E-state index in [1.165, 1.54) is 12.8 Å². The summed E-state index contributed by atoms with van der Waals surface area (Å²) in [5.41, 5.74) is 1.57. The highest BCUT2D eigenvalue weighted by atomic mass is 16.5. The third kappa shape index (κ3) is 4.54. The summed E-state index contributed by atoms with van der Waals surface area (Å²) in [6.45, 7) is 2.81. The van der Waals surface area contributed by atoms with Gasteiger partial charge in [-0.05, 0) is 42.5 Å². The molecule has 1 aliphatic carbocycles. The van der Waals surface area contributed by atoms with E-state index in [2.05, 4.69) is 22.4 Å². The van der Waals surface area contributed by atoms with E-state index in [4.69, 9.17) is 4.74 Å². The van der Waals surface area contributed by atoms with E-state index in [1.54, 1.807) is 24.3 Å². The number of carbonyl (C=O) groups excluding carboxylic acids is 1. The lowest BCUT2D eigenvalue weighted by atomic mass is 9.89. The molecule has 2 aromatic carbocycles. The van der Waals surface area contributed by atoms with Crippen LogP contribution in [0.3, 0.4) is 0 Å². The first-order valence-electron chi connectivity index (χ1n) is 10.1. The zero-order chi connectivity index (χ0) is 20.2. The molecule has 0 spiro atoms. The minimum absolute atomic E-state index is 0.193. The standard InChI is InChI=1S/C23H25N3O3/c1-15-6-4-9-18(12-15)29-14-16-7-5-8-17(13-16)24-23(28)21-19-10-2-3-11-20(19)22(27)26-25-21/h2-3,5,7-8,10-11,13,15,18H,4,6,9,12,14H2,1H3,(H,24,28)(H,26,27). The molecule has 0 bridgehead atoms. The minimum Gasteiger partial charge on any atom is -0.374 e. The Morgan fingerprint density at radius 2 is 2.00 bits per heavy atom. The van der Waals surface area contributed by atoms with Gasteiger partial charge in [-0.2, -0.15) is 5.10 Å². The molecule has 1 aliphatic rings. The van der Waals surface area contributed by atoms with Crippen molar-refractivity contribution in [2.75, 3.05) is 5.32 Å². The van der Waals surface area contributed by atoms with Crippen molar-refractivity contribution in [3.05, 3.63) is 70.1 Å². The molecule has 1 aromatic heterocycles. The summed E-state index contributed by atoms with van der Waals surface area (Å²) in [6.07, 6.45) is 5.05. The number of benzene rings is 2. The summed E-state index contributed by atoms with van der Waals surface area (Å²) >= 11 is 0. The second-order valence-corrected chi connectivity index (χ2v) is 7.81. The molecule has 3 aromatic rings. The number of amides is 1. The van der Waals surface area contributed by atoms with Crippen LogP contribution < -0.4 is 10.9 Å². The third-order valence-electron chi connectivity index (χ3n) is 5.47. The van der Waals surface area contributed by atoms with Crippen LogP contribution in [-0.2, 0) is 11.3 Å². The first-order chi connectivity index (χ1) is 14.1. The van der Waals surface area contributed by atoms with Crippen LogP contribution in [0.2, 0.25) is 0 Å². The summed E-state index contributed by atoms with van der Waals surface area (Å²) in [6, 6.07) is 14.6. The van der Waals surface area contributed by atoms with E-state index in [0.29, 0.717) is 29.2 Å². The Kier molecular flexibility index (Phi) is 5.71. The van der Waals surface area contributed by atoms with E-state index in [-0.39, 0.29) is 17.2 Å². The summed E-state index contributed by atoms with van der Waals surface area (Å²) in [4.78, 5) is 24.7. The highest BCUT2D eigenvalue weighted by molar-refractivity contribution is 6.11. The lowest BCUT2D eigenvalue weighted by Gasteiger charge is -2.26. The Hall–Kier alpha value is -2.99. The number of nitrogens with one attached hydrogen (secondary N) is 2. The van der Waals surface area contributed by atoms with E-state index in [9.17, 15) is 9.59 Å². The van der Waals surface area contributed by atoms with Crippen molar-refractivity contribution < 1.29 is 9.53 Å². The third-order valence-corrected chi connectivity index (χ3v) is 5.47. The molecule has 29 heavy (non-hydrogen) atoms. The van der Waals surface area contributed by atoms with Gasteiger partial charge in [-0.15, -0.1) is 0 Å². The van der Waals surface area contributed by atoms with Crippen molar-refractivity contribution in [3.63, 3.8) is 0 Å². The molecule has 1 fully saturated rings. The van der Waals surface area contributed by atoms with Crippen LogP contribution in [0.5, 0.6) is 0 Å². The predicted molar refractivity (Wildman–Crippen MR) is 113 cm³/mol. The zero-order valence-electron chi connectivity index (χ0n) is 16.5. The van der Waals surface area contributed by atoms with Crippen molar-refractivity contribution >= 4 is 22.4 Å². The van der Waals surface area contributed by atoms with Crippen LogP contribution in [0, 0.1) is 5.92 Å². The van der Waals surface area contributed by atoms with Crippen LogP contribution in [0.25, 0.3) is 10.8 Å². The fourth-order valence-electron chi connectivity index (χ4n) is 3.96. The van der Waals surface area contributed by atoms with Gasteiger partial charge in [0.2, 0.25) is 0 Å². The van der Waals surface area contributed by atoms with Gasteiger partial charge >= 0.3 is 0 Å². The van der Waals surface area contributed by atoms with Crippen LogP contribution in [0.1, 0.15) is 48.7 Å². The van der Waals surface area contributed by atoms with Crippen molar-refractivity contribution in [3.8, 4) is 0 Å². The topological polar surface area (TPSA) is 84.1 Å². The van der Waals surface area contributed by atoms with E-state index >= 15 is 0 Å². The van der Waals surface area contributed by atoms with Gasteiger partial charge in [-0.25, -0.2) is 5.10 Å². The Balaban J connectivity index is 1.46. The molecule has 0 aliphatic heterocycles. The number of H-pyrrole nitrogens is 1. The average Bonchev–Trinajstić information content (AvgIpc) is 2.73. The number of nitrogens with zero attached hydrogens (tertiary/aromatic N) is 1. The Labute approximate surface area is 169 Å². The first-order valence-corrected chi connectivity index (χ1v) is 10.1. The van der Waals surface area contributed by atoms with Gasteiger partial charge < -0.3 is 10.1 Å². The van der Waals surface area contributed by atoms with E-state index in [1.807, 2.05) is 24.3 Å². The van der Waals surface area contributed by atoms with Gasteiger partial charge in [0.25, 0.3) is 11.5 Å². The van der Waals surface area contributed by atoms with Crippen molar-refractivity contribution in [2.24, 2.45) is 5.92 Å². The number of carbonyl (C=O) groups is 1. The fourth-order valence-corrected chi connectivity index (χ4v) is 3.96. The summed E-state index contributed by atoms with van der Waals surface area (Å²) < 4.78 is 6.09. The van der Waals surface area contributed by atoms with E-state index < -0.39 is 0 Å². The SMILES string of the molecule is CC1CCCC(OCc2cccc(NC(=O)c3n[nH]c(=O)c4ccccc34)c2)C1. The molecule has 2 unspecified atom stereocenters. The van der Waals surface area contributed by atoms with Crippen LogP contribution in [-0.4, -0.2) is 22.2 Å². The molecule has 4 rings (SSSR count). The molecular formula is C23H25N3O3. The second-order valence-electron chi connectivity index (χ2n) is 7.81. The number of aromatic nitrogens is 2. The van der Waals surface area contributed by atoms with Crippen LogP contribution >= 0.6 is 0 Å². The molecule has 2 N–H and O–H groups in total. The quantitative estimate of drug-likeness (QED) is 0.680. The lowest BCUT2D eigenvalue weighted by Crippen LogP contribution is -2.21. The first kappa shape index (κ1) is 19.3. The Morgan fingerprint density at radius 3 is 2.83 bits per heavy atom. The van der Waals surface area contributed by atoms with Crippen molar-refractivity contribution in [1.82, 2.24) is 10.2 Å². The average molecular weight is 391 g/mol. The van der Waals surface area contributed by atoms with Crippen molar-refractivity contribution in [1.29, 1.82) is 0 Å². The van der Waals surface area contributed by atoms with Crippen LogP contribution in [0.4, 0.5) is 5.69 Å². The van der Waals surface area contributed by atoms with Gasteiger partial charge in [0, 0.05) is 11.1 Å². The minimum atomic E-state index is -0.364. The summed E-state index contributed by atoms with van der Waals surface area (Å²) in [5.74, 6) is 0.357. The molecule has 6 nitrogen and oxygen atoms in total. The fraction of sp³-hybridized carbons (Fsp3) is 0.348. The van der Waals surface area contributed by atoms with Crippen LogP contribution in [0.15, 0.2) is 53.3 Å². The molecule has 1 heterocycles. The highest BCUT2D eigenvalue weighted by Gasteiger charge is 2.19. The van der Waals surface area contributed by atoms with Gasteiger partial charge in [0.1, 0.15) is 0 Å². The normalized spacial score (nSPS) is 19.2. The number of ether oxygens (including phenoxy) is 1. The molecular weight excluding hydrogens is 366 g/mol. The van der Waals surface area contributed by atoms with Gasteiger partial charge in [0.15, 0.2) is 5.69 Å². The molecule has 1 saturated carbocycles. The molecule has 150 valence electrons. The van der Waals surface area contributed by atoms with E-state index in [0.717, 1.165) is 24.3 Å². The Bertz CT molecular complexity index is 1080. The maximum absolute atomic E-state index is 12.8. The maximum atomic E-state index is 12.8. The number of fused-ring (bicyclic) bond motifs is 1. The Morgan fingerprint density at radius 1 is 1.17 bits per heavy atom. The van der Waals surface area contributed by atoms with Gasteiger partial charge in [0.05, 0.1) is 18.1 Å². The van der Waals surface area contributed by atoms with Gasteiger partial charge in [-0.1, -0.05) is 50.1 Å². The number of aromatic amines is 1. The number of rotatable bonds is 5. The molecule has 0 saturated heterocycles. The molecule has 6 heteroatoms. The summed E-state index contributed by atoms with van der Waals surface area (Å²) in [7, 11) is 0. The second kappa shape index (κ2) is 8.57. The molecule has 2 atom stereocenters. The number of hydrogen-bond donors (Lipinski definition) is 2. The predicted octanol–water partition coefficient (Wildman–Crippen LogP) is 4.27. The maximum Gasteiger partial charge on any atom is 0.276 e. The molecule has 1 amide bonds. The zero-order valence-corrected chi connectivity index (χ0v) is 16.5. The number of hydrogen-bond acceptors (Lipinski definition) is 4. The highest BCUT2D eigenvalue weighted by Crippen LogP contribution is 2.26. The summed E-state index contributed by atoms with van der Waals surface area (Å²) in [5, 5.41) is 10.2. The molecule has 0 radical (unpaired) electrons. The largest absolute Gasteiger partial charge is 0.374 e. The van der Waals surface area contributed by atoms with Crippen molar-refractivity contribution in [2.45, 2.75) is 45.3 Å². The van der Waals surface area contributed by atoms with Gasteiger partial charge in [-0.3, -0.25) is 9.59 Å². The number of anilines is 1.